The van der Waals surface area contributed by atoms with Crippen molar-refractivity contribution in [2.75, 3.05) is 12.0 Å². The number of benzene rings is 2. The number of aromatic nitrogens is 2. The van der Waals surface area contributed by atoms with E-state index in [1.54, 1.807) is 12.3 Å². The molecule has 5 rings (SSSR count). The molecule has 35 heavy (non-hydrogen) atoms. The van der Waals surface area contributed by atoms with Gasteiger partial charge in [0.2, 0.25) is 0 Å². The van der Waals surface area contributed by atoms with E-state index in [9.17, 15) is 4.79 Å². The van der Waals surface area contributed by atoms with Gasteiger partial charge in [0.05, 0.1) is 36.1 Å². The maximum atomic E-state index is 12.5. The van der Waals surface area contributed by atoms with E-state index in [1.165, 1.54) is 7.11 Å². The van der Waals surface area contributed by atoms with Crippen LogP contribution in [-0.2, 0) is 4.74 Å². The highest BCUT2D eigenvalue weighted by Crippen LogP contribution is 2.43. The van der Waals surface area contributed by atoms with Gasteiger partial charge in [-0.2, -0.15) is 0 Å². The fourth-order valence-corrected chi connectivity index (χ4v) is 5.29. The number of carbonyl (C=O) groups is 1. The van der Waals surface area contributed by atoms with Crippen molar-refractivity contribution in [1.29, 1.82) is 0 Å². The Kier molecular flexibility index (Phi) is 6.09. The second-order valence-corrected chi connectivity index (χ2v) is 8.89. The van der Waals surface area contributed by atoms with Crippen LogP contribution in [0.1, 0.15) is 45.1 Å². The van der Waals surface area contributed by atoms with E-state index in [1.807, 2.05) is 61.5 Å². The lowest BCUT2D eigenvalue weighted by Gasteiger charge is -2.28. The summed E-state index contributed by atoms with van der Waals surface area (Å²) in [5, 5.41) is 4.16. The largest absolute Gasteiger partial charge is 0.465 e. The highest BCUT2D eigenvalue weighted by atomic mass is 32.1. The number of ether oxygens (including phenoxy) is 1. The highest BCUT2D eigenvalue weighted by Gasteiger charge is 2.42. The Balaban J connectivity index is 1.69. The summed E-state index contributed by atoms with van der Waals surface area (Å²) in [6.07, 6.45) is 1.80. The third-order valence-corrected chi connectivity index (χ3v) is 6.79. The predicted molar refractivity (Wildman–Crippen MR) is 141 cm³/mol. The summed E-state index contributed by atoms with van der Waals surface area (Å²) in [7, 11) is 1.40. The summed E-state index contributed by atoms with van der Waals surface area (Å²) < 4.78 is 7.17. The molecule has 3 heterocycles. The van der Waals surface area contributed by atoms with Crippen LogP contribution in [0.4, 0.5) is 5.69 Å². The predicted octanol–water partition coefficient (Wildman–Crippen LogP) is 5.45. The summed E-state index contributed by atoms with van der Waals surface area (Å²) in [4.78, 5) is 19.3. The molecule has 0 bridgehead atoms. The molecule has 1 fully saturated rings. The smallest absolute Gasteiger partial charge is 0.339 e. The van der Waals surface area contributed by atoms with Gasteiger partial charge in [-0.1, -0.05) is 36.4 Å². The number of methoxy groups -OCH3 is 1. The van der Waals surface area contributed by atoms with Gasteiger partial charge in [-0.25, -0.2) is 4.79 Å². The number of thiocarbonyl (C=S) groups is 1. The average molecular weight is 483 g/mol. The van der Waals surface area contributed by atoms with Crippen LogP contribution in [-0.4, -0.2) is 27.7 Å². The number of esters is 1. The molecule has 0 unspecified atom stereocenters. The van der Waals surface area contributed by atoms with Crippen LogP contribution in [0, 0.1) is 13.8 Å². The van der Waals surface area contributed by atoms with Crippen LogP contribution in [0.5, 0.6) is 0 Å². The molecule has 0 radical (unpaired) electrons. The van der Waals surface area contributed by atoms with Crippen molar-refractivity contribution in [3.8, 4) is 5.69 Å². The molecular formula is C28H26N4O2S. The Morgan fingerprint density at radius 2 is 1.71 bits per heavy atom. The number of carbonyl (C=O) groups excluding carboxylic acids is 1. The molecule has 6 nitrogen and oxygen atoms in total. The lowest BCUT2D eigenvalue weighted by Crippen LogP contribution is -2.29. The lowest BCUT2D eigenvalue weighted by atomic mass is 9.96. The number of hydrogen-bond acceptors (Lipinski definition) is 4. The summed E-state index contributed by atoms with van der Waals surface area (Å²) in [5.74, 6) is -0.365. The molecular weight excluding hydrogens is 456 g/mol. The minimum atomic E-state index is -0.365. The van der Waals surface area contributed by atoms with E-state index in [2.05, 4.69) is 44.9 Å². The zero-order valence-corrected chi connectivity index (χ0v) is 20.6. The van der Waals surface area contributed by atoms with Crippen LogP contribution in [0.15, 0.2) is 85.1 Å². The monoisotopic (exact) mass is 482 g/mol. The molecule has 0 aliphatic carbocycles. The van der Waals surface area contributed by atoms with Gasteiger partial charge in [-0.15, -0.1) is 0 Å². The van der Waals surface area contributed by atoms with Crippen LogP contribution in [0.3, 0.4) is 0 Å². The fraction of sp³-hybridized carbons (Fsp3) is 0.179. The van der Waals surface area contributed by atoms with Gasteiger partial charge in [-0.05, 0) is 74.1 Å². The highest BCUT2D eigenvalue weighted by molar-refractivity contribution is 7.80. The fourth-order valence-electron chi connectivity index (χ4n) is 4.95. The van der Waals surface area contributed by atoms with Gasteiger partial charge in [0.1, 0.15) is 0 Å². The van der Waals surface area contributed by atoms with Crippen molar-refractivity contribution < 1.29 is 9.53 Å². The molecule has 1 N–H and O–H groups in total. The number of nitrogens with one attached hydrogen (secondary N) is 1. The van der Waals surface area contributed by atoms with Crippen LogP contribution in [0.25, 0.3) is 5.69 Å². The maximum Gasteiger partial charge on any atom is 0.339 e. The minimum Gasteiger partial charge on any atom is -0.465 e. The molecule has 0 amide bonds. The van der Waals surface area contributed by atoms with E-state index < -0.39 is 0 Å². The van der Waals surface area contributed by atoms with E-state index in [-0.39, 0.29) is 18.1 Å². The van der Waals surface area contributed by atoms with E-state index in [0.29, 0.717) is 10.7 Å². The Hall–Kier alpha value is -3.97. The SMILES string of the molecule is COC(=O)c1ccccc1-n1c(C)cc([C@H]2[C@H](c3ccccn3)NC(=S)N2c2ccccc2)c1C. The Morgan fingerprint density at radius 3 is 2.43 bits per heavy atom. The van der Waals surface area contributed by atoms with Crippen LogP contribution < -0.4 is 10.2 Å². The van der Waals surface area contributed by atoms with Gasteiger partial charge in [0.15, 0.2) is 5.11 Å². The van der Waals surface area contributed by atoms with Crippen molar-refractivity contribution >= 4 is 29.0 Å². The Labute approximate surface area is 210 Å². The second-order valence-electron chi connectivity index (χ2n) is 8.50. The third kappa shape index (κ3) is 3.98. The number of anilines is 1. The molecule has 0 saturated carbocycles. The van der Waals surface area contributed by atoms with Gasteiger partial charge in [0, 0.05) is 23.3 Å². The van der Waals surface area contributed by atoms with Crippen molar-refractivity contribution in [3.63, 3.8) is 0 Å². The summed E-state index contributed by atoms with van der Waals surface area (Å²) >= 11 is 5.84. The Bertz CT molecular complexity index is 1380. The number of pyridine rings is 1. The van der Waals surface area contributed by atoms with Gasteiger partial charge in [-0.3, -0.25) is 4.98 Å². The average Bonchev–Trinajstić information content (AvgIpc) is 3.39. The zero-order chi connectivity index (χ0) is 24.5. The first-order valence-corrected chi connectivity index (χ1v) is 11.8. The molecule has 2 aromatic heterocycles. The first-order chi connectivity index (χ1) is 17.0. The van der Waals surface area contributed by atoms with E-state index >= 15 is 0 Å². The molecule has 2 atom stereocenters. The second kappa shape index (κ2) is 9.35. The summed E-state index contributed by atoms with van der Waals surface area (Å²) in [6.45, 7) is 4.13. The molecule has 1 saturated heterocycles. The lowest BCUT2D eigenvalue weighted by molar-refractivity contribution is 0.0600. The molecule has 1 aliphatic heterocycles. The first-order valence-electron chi connectivity index (χ1n) is 11.4. The van der Waals surface area contributed by atoms with Crippen molar-refractivity contribution in [2.45, 2.75) is 25.9 Å². The number of rotatable bonds is 5. The zero-order valence-electron chi connectivity index (χ0n) is 19.8. The molecule has 176 valence electrons. The van der Waals surface area contributed by atoms with Crippen LogP contribution >= 0.6 is 12.2 Å². The van der Waals surface area contributed by atoms with Crippen molar-refractivity contribution in [2.24, 2.45) is 0 Å². The molecule has 4 aromatic rings. The summed E-state index contributed by atoms with van der Waals surface area (Å²) in [5.41, 5.74) is 6.37. The number of hydrogen-bond donors (Lipinski definition) is 1. The topological polar surface area (TPSA) is 59.4 Å². The minimum absolute atomic E-state index is 0.134. The van der Waals surface area contributed by atoms with Gasteiger partial charge >= 0.3 is 5.97 Å². The molecule has 2 aromatic carbocycles. The third-order valence-electron chi connectivity index (χ3n) is 6.47. The standard InChI is InChI=1S/C28H26N4O2S/c1-18-17-22(19(2)31(18)24-15-8-7-13-21(24)27(33)34-3)26-25(23-14-9-10-16-29-23)30-28(35)32(26)20-11-5-4-6-12-20/h4-17,25-26H,1-3H3,(H,30,35)/t25-,26-/m0/s1. The van der Waals surface area contributed by atoms with Crippen molar-refractivity contribution in [1.82, 2.24) is 14.9 Å². The van der Waals surface area contributed by atoms with Crippen molar-refractivity contribution in [3.05, 3.63) is 113 Å². The van der Waals surface area contributed by atoms with Crippen LogP contribution in [0.2, 0.25) is 0 Å². The Morgan fingerprint density at radius 1 is 1.00 bits per heavy atom. The van der Waals surface area contributed by atoms with E-state index in [0.717, 1.165) is 34.0 Å². The molecule has 0 spiro atoms. The maximum absolute atomic E-state index is 12.5. The molecule has 1 aliphatic rings. The summed E-state index contributed by atoms with van der Waals surface area (Å²) in [6, 6.07) is 25.5. The molecule has 7 heteroatoms. The first kappa shape index (κ1) is 22.8. The van der Waals surface area contributed by atoms with E-state index in [4.69, 9.17) is 17.0 Å². The number of para-hydroxylation sites is 2. The van der Waals surface area contributed by atoms with Gasteiger partial charge in [0.25, 0.3) is 0 Å². The number of nitrogens with zero attached hydrogens (tertiary/aromatic N) is 3. The van der Waals surface area contributed by atoms with Gasteiger partial charge < -0.3 is 19.5 Å². The normalized spacial score (nSPS) is 17.3. The quantitative estimate of drug-likeness (QED) is 0.301. The number of aryl methyl sites for hydroxylation is 1.